The van der Waals surface area contributed by atoms with Crippen molar-refractivity contribution in [2.24, 2.45) is 0 Å². The molecule has 1 heterocycles. The molecule has 0 saturated heterocycles. The Labute approximate surface area is 75.1 Å². The maximum Gasteiger partial charge on any atom is 0.138 e. The molecule has 0 unspecified atom stereocenters. The third kappa shape index (κ3) is 1.79. The predicted octanol–water partition coefficient (Wildman–Crippen LogP) is 2.03. The van der Waals surface area contributed by atoms with Crippen LogP contribution in [0, 0.1) is 3.57 Å². The first kappa shape index (κ1) is 7.27. The molecule has 0 aromatic carbocycles. The van der Waals surface area contributed by atoms with Gasteiger partial charge in [-0.25, -0.2) is 4.98 Å². The molecular formula is C5H4BrIN2. The van der Waals surface area contributed by atoms with Gasteiger partial charge in [-0.3, -0.25) is 0 Å². The van der Waals surface area contributed by atoms with Crippen LogP contribution in [-0.4, -0.2) is 4.98 Å². The number of anilines is 1. The van der Waals surface area contributed by atoms with E-state index in [-0.39, 0.29) is 0 Å². The SMILES string of the molecule is Nc1nc(Br)ccc1I. The monoisotopic (exact) mass is 298 g/mol. The van der Waals surface area contributed by atoms with Crippen LogP contribution in [0.4, 0.5) is 5.82 Å². The van der Waals surface area contributed by atoms with Gasteiger partial charge in [-0.1, -0.05) is 0 Å². The topological polar surface area (TPSA) is 38.9 Å². The van der Waals surface area contributed by atoms with E-state index in [1.54, 1.807) is 0 Å². The fourth-order valence-electron chi connectivity index (χ4n) is 0.433. The predicted molar refractivity (Wildman–Crippen MR) is 49.1 cm³/mol. The van der Waals surface area contributed by atoms with Crippen LogP contribution in [0.5, 0.6) is 0 Å². The highest BCUT2D eigenvalue weighted by Gasteiger charge is 1.94. The van der Waals surface area contributed by atoms with Gasteiger partial charge < -0.3 is 5.73 Å². The normalized spacial score (nSPS) is 9.56. The Balaban J connectivity index is 3.17. The van der Waals surface area contributed by atoms with Crippen LogP contribution in [-0.2, 0) is 0 Å². The summed E-state index contributed by atoms with van der Waals surface area (Å²) in [6, 6.07) is 3.77. The minimum Gasteiger partial charge on any atom is -0.383 e. The molecule has 0 saturated carbocycles. The van der Waals surface area contributed by atoms with E-state index in [4.69, 9.17) is 5.73 Å². The highest BCUT2D eigenvalue weighted by Crippen LogP contribution is 2.14. The summed E-state index contributed by atoms with van der Waals surface area (Å²) in [4.78, 5) is 3.96. The second kappa shape index (κ2) is 2.83. The summed E-state index contributed by atoms with van der Waals surface area (Å²) >= 11 is 5.33. The Morgan fingerprint density at radius 3 is 2.67 bits per heavy atom. The molecule has 0 bridgehead atoms. The summed E-state index contributed by atoms with van der Waals surface area (Å²) in [5, 5.41) is 0. The van der Waals surface area contributed by atoms with Gasteiger partial charge in [0.15, 0.2) is 0 Å². The molecule has 1 aromatic rings. The van der Waals surface area contributed by atoms with Crippen LogP contribution >= 0.6 is 38.5 Å². The molecule has 9 heavy (non-hydrogen) atoms. The van der Waals surface area contributed by atoms with Crippen molar-refractivity contribution in [3.63, 3.8) is 0 Å². The lowest BCUT2D eigenvalue weighted by Crippen LogP contribution is -1.92. The van der Waals surface area contributed by atoms with E-state index >= 15 is 0 Å². The van der Waals surface area contributed by atoms with E-state index < -0.39 is 0 Å². The van der Waals surface area contributed by atoms with Crippen molar-refractivity contribution in [1.82, 2.24) is 4.98 Å². The molecule has 1 rings (SSSR count). The zero-order chi connectivity index (χ0) is 6.85. The molecule has 0 aliphatic carbocycles. The smallest absolute Gasteiger partial charge is 0.138 e. The number of aromatic nitrogens is 1. The number of nitrogens with zero attached hydrogens (tertiary/aromatic N) is 1. The maximum atomic E-state index is 5.47. The van der Waals surface area contributed by atoms with E-state index in [0.29, 0.717) is 5.82 Å². The minimum absolute atomic E-state index is 0.574. The molecule has 0 fully saturated rings. The molecule has 1 aromatic heterocycles. The Bertz CT molecular complexity index is 226. The van der Waals surface area contributed by atoms with Crippen molar-refractivity contribution < 1.29 is 0 Å². The number of hydrogen-bond acceptors (Lipinski definition) is 2. The van der Waals surface area contributed by atoms with E-state index in [1.807, 2.05) is 12.1 Å². The van der Waals surface area contributed by atoms with Crippen molar-refractivity contribution in [2.45, 2.75) is 0 Å². The lowest BCUT2D eigenvalue weighted by molar-refractivity contribution is 1.27. The van der Waals surface area contributed by atoms with E-state index in [2.05, 4.69) is 43.5 Å². The molecule has 0 amide bonds. The van der Waals surface area contributed by atoms with Crippen LogP contribution in [0.2, 0.25) is 0 Å². The minimum atomic E-state index is 0.574. The molecule has 0 aliphatic rings. The van der Waals surface area contributed by atoms with Gasteiger partial charge >= 0.3 is 0 Å². The maximum absolute atomic E-state index is 5.47. The standard InChI is InChI=1S/C5H4BrIN2/c6-4-2-1-3(7)5(8)9-4/h1-2H,(H2,8,9). The summed E-state index contributed by atoms with van der Waals surface area (Å²) in [7, 11) is 0. The Morgan fingerprint density at radius 2 is 2.22 bits per heavy atom. The van der Waals surface area contributed by atoms with Crippen LogP contribution in [0.3, 0.4) is 0 Å². The lowest BCUT2D eigenvalue weighted by atomic mass is 10.5. The van der Waals surface area contributed by atoms with Gasteiger partial charge in [0, 0.05) is 0 Å². The molecular weight excluding hydrogens is 295 g/mol. The molecule has 48 valence electrons. The summed E-state index contributed by atoms with van der Waals surface area (Å²) in [5.41, 5.74) is 5.47. The van der Waals surface area contributed by atoms with Crippen molar-refractivity contribution in [3.8, 4) is 0 Å². The molecule has 0 spiro atoms. The quantitative estimate of drug-likeness (QED) is 0.588. The highest BCUT2D eigenvalue weighted by molar-refractivity contribution is 14.1. The van der Waals surface area contributed by atoms with Crippen molar-refractivity contribution in [3.05, 3.63) is 20.3 Å². The molecule has 2 nitrogen and oxygen atoms in total. The first-order valence-corrected chi connectivity index (χ1v) is 4.15. The molecule has 0 radical (unpaired) electrons. The van der Waals surface area contributed by atoms with Gasteiger partial charge in [-0.05, 0) is 50.7 Å². The van der Waals surface area contributed by atoms with Gasteiger partial charge in [-0.2, -0.15) is 0 Å². The summed E-state index contributed by atoms with van der Waals surface area (Å²) in [6.07, 6.45) is 0. The van der Waals surface area contributed by atoms with Gasteiger partial charge in [0.2, 0.25) is 0 Å². The number of nitrogen functional groups attached to an aromatic ring is 1. The number of hydrogen-bond donors (Lipinski definition) is 1. The first-order chi connectivity index (χ1) is 4.20. The van der Waals surface area contributed by atoms with E-state index in [0.717, 1.165) is 8.17 Å². The number of nitrogens with two attached hydrogens (primary N) is 1. The van der Waals surface area contributed by atoms with Crippen LogP contribution in [0.15, 0.2) is 16.7 Å². The average molecular weight is 299 g/mol. The highest BCUT2D eigenvalue weighted by atomic mass is 127. The van der Waals surface area contributed by atoms with Gasteiger partial charge in [0.05, 0.1) is 3.57 Å². The van der Waals surface area contributed by atoms with E-state index in [1.165, 1.54) is 0 Å². The largest absolute Gasteiger partial charge is 0.383 e. The average Bonchev–Trinajstić information content (AvgIpc) is 1.80. The Morgan fingerprint density at radius 1 is 1.56 bits per heavy atom. The van der Waals surface area contributed by atoms with E-state index in [9.17, 15) is 0 Å². The fraction of sp³-hybridized carbons (Fsp3) is 0. The zero-order valence-electron chi connectivity index (χ0n) is 4.44. The van der Waals surface area contributed by atoms with Crippen LogP contribution in [0.1, 0.15) is 0 Å². The van der Waals surface area contributed by atoms with Crippen molar-refractivity contribution in [2.75, 3.05) is 5.73 Å². The van der Waals surface area contributed by atoms with Gasteiger partial charge in [0.1, 0.15) is 10.4 Å². The second-order valence-corrected chi connectivity index (χ2v) is 3.48. The van der Waals surface area contributed by atoms with Gasteiger partial charge in [0.25, 0.3) is 0 Å². The number of halogens is 2. The molecule has 2 N–H and O–H groups in total. The fourth-order valence-corrected chi connectivity index (χ4v) is 1.06. The van der Waals surface area contributed by atoms with Crippen molar-refractivity contribution >= 4 is 44.3 Å². The zero-order valence-corrected chi connectivity index (χ0v) is 8.18. The van der Waals surface area contributed by atoms with Gasteiger partial charge in [-0.15, -0.1) is 0 Å². The van der Waals surface area contributed by atoms with Crippen LogP contribution < -0.4 is 5.73 Å². The third-order valence-electron chi connectivity index (χ3n) is 0.839. The first-order valence-electron chi connectivity index (χ1n) is 2.27. The number of pyridine rings is 1. The summed E-state index contributed by atoms with van der Waals surface area (Å²) in [6.45, 7) is 0. The second-order valence-electron chi connectivity index (χ2n) is 1.50. The molecule has 0 atom stereocenters. The lowest BCUT2D eigenvalue weighted by Gasteiger charge is -1.94. The van der Waals surface area contributed by atoms with Crippen LogP contribution in [0.25, 0.3) is 0 Å². The Kier molecular flexibility index (Phi) is 2.29. The molecule has 0 aliphatic heterocycles. The van der Waals surface area contributed by atoms with Crippen molar-refractivity contribution in [1.29, 1.82) is 0 Å². The number of rotatable bonds is 0. The summed E-state index contributed by atoms with van der Waals surface area (Å²) in [5.74, 6) is 0.574. The molecule has 4 heteroatoms. The third-order valence-corrected chi connectivity index (χ3v) is 2.19. The summed E-state index contributed by atoms with van der Waals surface area (Å²) < 4.78 is 1.76. The Hall–Kier alpha value is 0.160.